The number of aliphatic imine (C=N–C) groups is 1. The number of hydrogen-bond acceptors (Lipinski definition) is 3. The minimum atomic E-state index is -4.65. The van der Waals surface area contributed by atoms with Crippen molar-refractivity contribution in [3.05, 3.63) is 64.9 Å². The molecule has 6 heteroatoms. The van der Waals surface area contributed by atoms with Gasteiger partial charge in [-0.25, -0.2) is 4.99 Å². The molecule has 0 N–H and O–H groups in total. The highest BCUT2D eigenvalue weighted by Gasteiger charge is 2.37. The highest BCUT2D eigenvalue weighted by Crippen LogP contribution is 2.27. The van der Waals surface area contributed by atoms with Crippen LogP contribution in [0.2, 0.25) is 0 Å². The van der Waals surface area contributed by atoms with Crippen LogP contribution in [0.5, 0.6) is 0 Å². The second-order valence-electron chi connectivity index (χ2n) is 5.16. The molecule has 0 saturated carbocycles. The van der Waals surface area contributed by atoms with Gasteiger partial charge in [0.2, 0.25) is 0 Å². The lowest BCUT2D eigenvalue weighted by Crippen LogP contribution is -2.25. The summed E-state index contributed by atoms with van der Waals surface area (Å²) in [5.74, 6) is -0.582. The van der Waals surface area contributed by atoms with Crippen molar-refractivity contribution < 1.29 is 18.0 Å². The molecule has 0 saturated heterocycles. The lowest BCUT2D eigenvalue weighted by atomic mass is 10.1. The first-order valence-corrected chi connectivity index (χ1v) is 8.02. The monoisotopic (exact) mass is 347 g/mol. The van der Waals surface area contributed by atoms with Crippen molar-refractivity contribution in [3.8, 4) is 0 Å². The summed E-state index contributed by atoms with van der Waals surface area (Å²) in [4.78, 5) is 16.0. The molecule has 24 heavy (non-hydrogen) atoms. The number of rotatable bonds is 4. The predicted octanol–water partition coefficient (Wildman–Crippen LogP) is 5.81. The maximum Gasteiger partial charge on any atom is 0.429 e. The average molecular weight is 347 g/mol. The lowest BCUT2D eigenvalue weighted by Gasteiger charge is -2.10. The fourth-order valence-corrected chi connectivity index (χ4v) is 2.95. The van der Waals surface area contributed by atoms with Gasteiger partial charge in [0, 0.05) is 0 Å². The number of carbonyl (C=O) groups excluding carboxylic acids is 1. The van der Waals surface area contributed by atoms with E-state index in [0.29, 0.717) is 4.88 Å². The molecule has 122 valence electrons. The summed E-state index contributed by atoms with van der Waals surface area (Å²) in [6.45, 7) is 0. The number of Topliss-reactive ketones (excluding diaryl/α,β-unsaturated/α-hetero) is 1. The fraction of sp³-hybridized carbons (Fsp3) is 0.111. The standard InChI is InChI=1S/C18H12F3NOS/c19-18(20,21)17(11-15(23)16-6-3-9-24-16)22-14-8-7-12-4-1-2-5-13(12)10-14/h1-10H,11H2. The Balaban J connectivity index is 1.95. The fourth-order valence-electron chi connectivity index (χ4n) is 2.28. The van der Waals surface area contributed by atoms with Crippen LogP contribution in [0.15, 0.2) is 65.0 Å². The molecule has 0 atom stereocenters. The van der Waals surface area contributed by atoms with E-state index in [2.05, 4.69) is 4.99 Å². The zero-order valence-electron chi connectivity index (χ0n) is 12.4. The number of nitrogens with zero attached hydrogens (tertiary/aromatic N) is 1. The van der Waals surface area contributed by atoms with E-state index in [1.807, 2.05) is 12.1 Å². The molecule has 0 bridgehead atoms. The quantitative estimate of drug-likeness (QED) is 0.433. The SMILES string of the molecule is O=C(CC(=Nc1ccc2ccccc2c1)C(F)(F)F)c1cccs1. The van der Waals surface area contributed by atoms with Gasteiger partial charge in [0.05, 0.1) is 17.0 Å². The Labute approximate surface area is 140 Å². The van der Waals surface area contributed by atoms with Crippen LogP contribution in [0, 0.1) is 0 Å². The smallest absolute Gasteiger partial charge is 0.293 e. The van der Waals surface area contributed by atoms with Crippen molar-refractivity contribution in [2.45, 2.75) is 12.6 Å². The van der Waals surface area contributed by atoms with Crippen molar-refractivity contribution in [2.75, 3.05) is 0 Å². The van der Waals surface area contributed by atoms with Crippen molar-refractivity contribution in [1.29, 1.82) is 0 Å². The molecule has 1 heterocycles. The number of halogens is 3. The van der Waals surface area contributed by atoms with Gasteiger partial charge in [0.25, 0.3) is 0 Å². The molecule has 2 aromatic carbocycles. The van der Waals surface area contributed by atoms with E-state index < -0.39 is 24.1 Å². The molecule has 0 unspecified atom stereocenters. The second-order valence-corrected chi connectivity index (χ2v) is 6.11. The lowest BCUT2D eigenvalue weighted by molar-refractivity contribution is -0.0601. The summed E-state index contributed by atoms with van der Waals surface area (Å²) in [6, 6.07) is 15.3. The van der Waals surface area contributed by atoms with E-state index in [1.54, 1.807) is 35.7 Å². The van der Waals surface area contributed by atoms with E-state index >= 15 is 0 Å². The van der Waals surface area contributed by atoms with Gasteiger partial charge < -0.3 is 0 Å². The molecule has 0 amide bonds. The normalized spacial score (nSPS) is 12.5. The molecule has 3 rings (SSSR count). The van der Waals surface area contributed by atoms with Gasteiger partial charge in [-0.1, -0.05) is 36.4 Å². The van der Waals surface area contributed by atoms with E-state index in [9.17, 15) is 18.0 Å². The third-order valence-electron chi connectivity index (χ3n) is 3.45. The largest absolute Gasteiger partial charge is 0.429 e. The molecule has 0 aliphatic rings. The minimum absolute atomic E-state index is 0.181. The molecular formula is C18H12F3NOS. The van der Waals surface area contributed by atoms with Crippen LogP contribution in [-0.2, 0) is 0 Å². The third-order valence-corrected chi connectivity index (χ3v) is 4.36. The van der Waals surface area contributed by atoms with Crippen molar-refractivity contribution >= 4 is 39.3 Å². The van der Waals surface area contributed by atoms with E-state index in [0.717, 1.165) is 22.1 Å². The molecule has 0 radical (unpaired) electrons. The van der Waals surface area contributed by atoms with Crippen molar-refractivity contribution in [3.63, 3.8) is 0 Å². The van der Waals surface area contributed by atoms with Gasteiger partial charge in [-0.05, 0) is 34.4 Å². The van der Waals surface area contributed by atoms with Crippen LogP contribution >= 0.6 is 11.3 Å². The first kappa shape index (κ1) is 16.4. The molecule has 1 aromatic heterocycles. The molecule has 0 aliphatic heterocycles. The van der Waals surface area contributed by atoms with Crippen molar-refractivity contribution in [1.82, 2.24) is 0 Å². The molecular weight excluding hydrogens is 335 g/mol. The number of fused-ring (bicyclic) bond motifs is 1. The summed E-state index contributed by atoms with van der Waals surface area (Å²) in [5, 5.41) is 3.37. The number of carbonyl (C=O) groups is 1. The Morgan fingerprint density at radius 3 is 2.42 bits per heavy atom. The zero-order chi connectivity index (χ0) is 17.2. The third kappa shape index (κ3) is 3.71. The zero-order valence-corrected chi connectivity index (χ0v) is 13.2. The Morgan fingerprint density at radius 2 is 1.75 bits per heavy atom. The van der Waals surface area contributed by atoms with Gasteiger partial charge in [-0.3, -0.25) is 4.79 Å². The summed E-state index contributed by atoms with van der Waals surface area (Å²) >= 11 is 1.12. The predicted molar refractivity (Wildman–Crippen MR) is 90.4 cm³/mol. The maximum absolute atomic E-state index is 13.2. The number of alkyl halides is 3. The average Bonchev–Trinajstić information content (AvgIpc) is 3.08. The van der Waals surface area contributed by atoms with E-state index in [4.69, 9.17) is 0 Å². The first-order chi connectivity index (χ1) is 11.4. The molecule has 2 nitrogen and oxygen atoms in total. The number of hydrogen-bond donors (Lipinski definition) is 0. The minimum Gasteiger partial charge on any atom is -0.293 e. The summed E-state index contributed by atoms with van der Waals surface area (Å²) < 4.78 is 39.7. The van der Waals surface area contributed by atoms with Crippen LogP contribution in [0.25, 0.3) is 10.8 Å². The van der Waals surface area contributed by atoms with Gasteiger partial charge >= 0.3 is 6.18 Å². The van der Waals surface area contributed by atoms with Crippen molar-refractivity contribution in [2.24, 2.45) is 4.99 Å². The van der Waals surface area contributed by atoms with E-state index in [-0.39, 0.29) is 5.69 Å². The molecule has 0 fully saturated rings. The van der Waals surface area contributed by atoms with Crippen LogP contribution in [0.1, 0.15) is 16.1 Å². The van der Waals surface area contributed by atoms with Crippen LogP contribution < -0.4 is 0 Å². The summed E-state index contributed by atoms with van der Waals surface area (Å²) in [6.07, 6.45) is -5.42. The van der Waals surface area contributed by atoms with E-state index in [1.165, 1.54) is 12.1 Å². The Hall–Kier alpha value is -2.47. The van der Waals surface area contributed by atoms with Crippen LogP contribution in [0.4, 0.5) is 18.9 Å². The van der Waals surface area contributed by atoms with Crippen LogP contribution in [0.3, 0.4) is 0 Å². The maximum atomic E-state index is 13.2. The topological polar surface area (TPSA) is 29.4 Å². The van der Waals surface area contributed by atoms with Gasteiger partial charge in [0.15, 0.2) is 5.78 Å². The first-order valence-electron chi connectivity index (χ1n) is 7.14. The van der Waals surface area contributed by atoms with Gasteiger partial charge in [-0.2, -0.15) is 13.2 Å². The van der Waals surface area contributed by atoms with Gasteiger partial charge in [0.1, 0.15) is 5.71 Å². The highest BCUT2D eigenvalue weighted by molar-refractivity contribution is 7.12. The Morgan fingerprint density at radius 1 is 1.00 bits per heavy atom. The summed E-state index contributed by atoms with van der Waals surface area (Å²) in [7, 11) is 0. The number of ketones is 1. The molecule has 3 aromatic rings. The number of thiophene rings is 1. The Kier molecular flexibility index (Phi) is 4.49. The highest BCUT2D eigenvalue weighted by atomic mass is 32.1. The molecule has 0 spiro atoms. The molecule has 0 aliphatic carbocycles. The number of benzene rings is 2. The Bertz CT molecular complexity index is 898. The second kappa shape index (κ2) is 6.57. The van der Waals surface area contributed by atoms with Crippen LogP contribution in [-0.4, -0.2) is 17.7 Å². The van der Waals surface area contributed by atoms with Gasteiger partial charge in [-0.15, -0.1) is 11.3 Å². The summed E-state index contributed by atoms with van der Waals surface area (Å²) in [5.41, 5.74) is -0.906.